The lowest BCUT2D eigenvalue weighted by Crippen LogP contribution is -2.29. The predicted molar refractivity (Wildman–Crippen MR) is 384 cm³/mol. The molecule has 494 valence electrons. The molecule has 10 rings (SSSR count). The molecular formula is C79H94N4O10S+2. The molecule has 0 radical (unpaired) electrons. The van der Waals surface area contributed by atoms with Crippen LogP contribution in [0.1, 0.15) is 133 Å². The van der Waals surface area contributed by atoms with Crippen molar-refractivity contribution in [3.05, 3.63) is 197 Å². The summed E-state index contributed by atoms with van der Waals surface area (Å²) in [6.45, 7) is 28.8. The first-order valence-corrected chi connectivity index (χ1v) is 34.8. The third kappa shape index (κ3) is 16.8. The van der Waals surface area contributed by atoms with E-state index in [0.29, 0.717) is 22.6 Å². The van der Waals surface area contributed by atoms with Crippen LogP contribution in [-0.2, 0) is 26.0 Å². The molecule has 0 aromatic heterocycles. The predicted octanol–water partition coefficient (Wildman–Crippen LogP) is 17.2. The average molecular weight is 1290 g/mol. The van der Waals surface area contributed by atoms with Crippen LogP contribution in [0.25, 0.3) is 66.8 Å². The second kappa shape index (κ2) is 33.7. The smallest absolute Gasteiger partial charge is 0.338 e. The van der Waals surface area contributed by atoms with Gasteiger partial charge in [0.1, 0.15) is 60.4 Å². The largest absolute Gasteiger partial charge is 0.465 e. The third-order valence-corrected chi connectivity index (χ3v) is 18.4. The highest BCUT2D eigenvalue weighted by Gasteiger charge is 2.26. The normalized spacial score (nSPS) is 11.2. The van der Waals surface area contributed by atoms with Gasteiger partial charge < -0.3 is 32.8 Å². The molecule has 0 spiro atoms. The SMILES string of the molecule is CCCCCCCCc1ccc(Oc2cccc(S(=O)(=O)O)c2)cc1C.CCN(CC)c1ccc2c(-c3ccccc3C(=O)OC)c3ccc(=[N+](CC)CC)cc-3oc2c1.CCN(CC)c1ccc2c(-c3ccccc3C(=O)OC)c3ccc(=[N+](CC)CC)cc-3oc2c1. The molecule has 0 saturated carbocycles. The highest BCUT2D eigenvalue weighted by molar-refractivity contribution is 7.85. The molecule has 0 fully saturated rings. The molecule has 0 bridgehead atoms. The number of methoxy groups -OCH3 is 2. The van der Waals surface area contributed by atoms with Crippen molar-refractivity contribution in [3.8, 4) is 56.4 Å². The minimum absolute atomic E-state index is 0.175. The Morgan fingerprint density at radius 2 is 0.936 bits per heavy atom. The summed E-state index contributed by atoms with van der Waals surface area (Å²) in [7, 11) is -1.39. The van der Waals surface area contributed by atoms with Crippen LogP contribution in [0, 0.1) is 6.92 Å². The Labute approximate surface area is 555 Å². The number of ether oxygens (including phenoxy) is 3. The van der Waals surface area contributed by atoms with Gasteiger partial charge in [0.15, 0.2) is 0 Å². The number of carbonyl (C=O) groups excluding carboxylic acids is 2. The summed E-state index contributed by atoms with van der Waals surface area (Å²) < 4.78 is 65.2. The van der Waals surface area contributed by atoms with Crippen molar-refractivity contribution in [1.29, 1.82) is 0 Å². The summed E-state index contributed by atoms with van der Waals surface area (Å²) in [4.78, 5) is 29.7. The molecule has 0 unspecified atom stereocenters. The quantitative estimate of drug-likeness (QED) is 0.0201. The van der Waals surface area contributed by atoms with Gasteiger partial charge in [0.2, 0.25) is 10.7 Å². The van der Waals surface area contributed by atoms with E-state index >= 15 is 0 Å². The summed E-state index contributed by atoms with van der Waals surface area (Å²) in [5, 5.41) is 4.17. The molecule has 94 heavy (non-hydrogen) atoms. The molecule has 0 amide bonds. The van der Waals surface area contributed by atoms with E-state index in [-0.39, 0.29) is 16.8 Å². The second-order valence-corrected chi connectivity index (χ2v) is 24.5. The Morgan fingerprint density at radius 3 is 1.37 bits per heavy atom. The Hall–Kier alpha value is -9.05. The van der Waals surface area contributed by atoms with E-state index in [1.807, 2.05) is 60.7 Å². The summed E-state index contributed by atoms with van der Waals surface area (Å²) in [5.74, 6) is 1.92. The minimum Gasteiger partial charge on any atom is -0.465 e. The van der Waals surface area contributed by atoms with E-state index in [4.69, 9.17) is 27.6 Å². The van der Waals surface area contributed by atoms with Crippen molar-refractivity contribution < 1.29 is 45.6 Å². The third-order valence-electron chi connectivity index (χ3n) is 17.5. The first-order valence-electron chi connectivity index (χ1n) is 33.4. The average Bonchev–Trinajstić information content (AvgIpc) is 0.754. The van der Waals surface area contributed by atoms with E-state index in [1.165, 1.54) is 82.1 Å². The van der Waals surface area contributed by atoms with Gasteiger partial charge in [-0.25, -0.2) is 18.7 Å². The maximum absolute atomic E-state index is 12.7. The summed E-state index contributed by atoms with van der Waals surface area (Å²) in [6, 6.07) is 52.4. The minimum atomic E-state index is -4.23. The number of esters is 2. The second-order valence-electron chi connectivity index (χ2n) is 23.1. The molecule has 0 saturated heterocycles. The fourth-order valence-corrected chi connectivity index (χ4v) is 12.9. The molecule has 15 heteroatoms. The van der Waals surface area contributed by atoms with Crippen molar-refractivity contribution >= 4 is 55.4 Å². The lowest BCUT2D eigenvalue weighted by Gasteiger charge is -2.22. The number of hydrogen-bond acceptors (Lipinski definition) is 11. The lowest BCUT2D eigenvalue weighted by atomic mass is 9.90. The molecule has 2 heterocycles. The van der Waals surface area contributed by atoms with Gasteiger partial charge in [-0.05, 0) is 170 Å². The zero-order valence-corrected chi connectivity index (χ0v) is 57.8. The summed E-state index contributed by atoms with van der Waals surface area (Å²) in [6.07, 6.45) is 8.75. The van der Waals surface area contributed by atoms with Gasteiger partial charge in [-0.3, -0.25) is 4.55 Å². The standard InChI is InChI=1S/2C29H33N2O3.C21H28O4S/c2*1-6-30(7-2)20-14-16-24-26(18-20)34-27-19-21(31(8-3)9-4)15-17-25(27)28(24)22-12-10-11-13-23(22)29(32)33-5;1-3-4-5-6-7-8-10-18-13-14-20(15-17(18)2)25-19-11-9-12-21(16-19)26(22,23)24/h2*10-19H,6-9H2,1-5H3;9,11-16H,3-8,10H2,1-2H3,(H,22,23,24)/q2*+1;. The number of fused-ring (bicyclic) bond motifs is 4. The number of benzene rings is 8. The Bertz CT molecular complexity index is 4200. The number of anilines is 2. The topological polar surface area (TPSA) is 155 Å². The molecule has 2 aliphatic carbocycles. The summed E-state index contributed by atoms with van der Waals surface area (Å²) in [5.41, 5.74) is 13.0. The lowest BCUT2D eigenvalue weighted by molar-refractivity contribution is 0.0592. The van der Waals surface area contributed by atoms with Gasteiger partial charge in [0.25, 0.3) is 10.1 Å². The first-order chi connectivity index (χ1) is 45.5. The molecular weight excluding hydrogens is 1200 g/mol. The molecule has 6 aromatic rings. The Kier molecular flexibility index (Phi) is 25.4. The van der Waals surface area contributed by atoms with E-state index in [0.717, 1.165) is 148 Å². The number of hydrogen-bond donors (Lipinski definition) is 1. The fourth-order valence-electron chi connectivity index (χ4n) is 12.4. The van der Waals surface area contributed by atoms with Crippen LogP contribution in [-0.4, -0.2) is 91.5 Å². The van der Waals surface area contributed by atoms with Crippen LogP contribution in [0.5, 0.6) is 11.5 Å². The van der Waals surface area contributed by atoms with Crippen LogP contribution in [0.15, 0.2) is 178 Å². The van der Waals surface area contributed by atoms with Crippen LogP contribution in [0.4, 0.5) is 11.4 Å². The molecule has 0 atom stereocenters. The van der Waals surface area contributed by atoms with Crippen molar-refractivity contribution in [1.82, 2.24) is 9.15 Å². The Balaban J connectivity index is 0.000000183. The number of carbonyl (C=O) groups is 2. The number of rotatable bonds is 24. The fraction of sp³-hybridized carbons (Fsp3) is 0.342. The first kappa shape index (κ1) is 70.8. The number of nitrogens with zero attached hydrogens (tertiary/aromatic N) is 4. The molecule has 6 aromatic carbocycles. The zero-order chi connectivity index (χ0) is 67.5. The zero-order valence-electron chi connectivity index (χ0n) is 57.0. The van der Waals surface area contributed by atoms with Gasteiger partial charge >= 0.3 is 11.9 Å². The van der Waals surface area contributed by atoms with Crippen molar-refractivity contribution in [2.45, 2.75) is 119 Å². The van der Waals surface area contributed by atoms with Gasteiger partial charge in [-0.2, -0.15) is 8.42 Å². The molecule has 4 aliphatic rings. The van der Waals surface area contributed by atoms with Gasteiger partial charge in [-0.15, -0.1) is 0 Å². The van der Waals surface area contributed by atoms with Crippen molar-refractivity contribution in [3.63, 3.8) is 0 Å². The molecule has 1 N–H and O–H groups in total. The highest BCUT2D eigenvalue weighted by Crippen LogP contribution is 2.44. The highest BCUT2D eigenvalue weighted by atomic mass is 32.2. The maximum atomic E-state index is 12.7. The summed E-state index contributed by atoms with van der Waals surface area (Å²) >= 11 is 0. The number of unbranched alkanes of at least 4 members (excludes halogenated alkanes) is 5. The van der Waals surface area contributed by atoms with Gasteiger partial charge in [0, 0.05) is 101 Å². The Morgan fingerprint density at radius 1 is 0.479 bits per heavy atom. The van der Waals surface area contributed by atoms with Crippen molar-refractivity contribution in [2.75, 3.05) is 76.4 Å². The van der Waals surface area contributed by atoms with Gasteiger partial charge in [0.05, 0.1) is 42.4 Å². The molecule has 2 aliphatic heterocycles. The van der Waals surface area contributed by atoms with Gasteiger partial charge in [-0.1, -0.05) is 87.6 Å². The van der Waals surface area contributed by atoms with Crippen molar-refractivity contribution in [2.24, 2.45) is 0 Å². The van der Waals surface area contributed by atoms with Crippen LogP contribution in [0.3, 0.4) is 0 Å². The van der Waals surface area contributed by atoms with E-state index in [2.05, 4.69) is 167 Å². The van der Waals surface area contributed by atoms with Crippen LogP contribution < -0.4 is 34.4 Å². The maximum Gasteiger partial charge on any atom is 0.338 e. The molecule has 14 nitrogen and oxygen atoms in total. The van der Waals surface area contributed by atoms with Crippen LogP contribution >= 0.6 is 0 Å². The van der Waals surface area contributed by atoms with E-state index < -0.39 is 10.1 Å². The van der Waals surface area contributed by atoms with E-state index in [1.54, 1.807) is 6.07 Å². The monoisotopic (exact) mass is 1290 g/mol. The van der Waals surface area contributed by atoms with Crippen LogP contribution in [0.2, 0.25) is 0 Å². The van der Waals surface area contributed by atoms with E-state index in [9.17, 15) is 18.0 Å². The number of aryl methyl sites for hydroxylation is 2.